The molecule has 1 atom stereocenters. The van der Waals surface area contributed by atoms with Gasteiger partial charge >= 0.3 is 0 Å². The summed E-state index contributed by atoms with van der Waals surface area (Å²) in [6, 6.07) is 8.35. The normalized spacial score (nSPS) is 19.5. The molecule has 4 nitrogen and oxygen atoms in total. The molecule has 0 aliphatic carbocycles. The highest BCUT2D eigenvalue weighted by molar-refractivity contribution is 7.90. The van der Waals surface area contributed by atoms with Gasteiger partial charge in [0.1, 0.15) is 9.84 Å². The molecule has 0 aromatic heterocycles. The first-order valence-electron chi connectivity index (χ1n) is 7.40. The van der Waals surface area contributed by atoms with Gasteiger partial charge in [-0.15, -0.1) is 0 Å². The van der Waals surface area contributed by atoms with Gasteiger partial charge in [0, 0.05) is 19.2 Å². The van der Waals surface area contributed by atoms with E-state index in [4.69, 9.17) is 0 Å². The highest BCUT2D eigenvalue weighted by Crippen LogP contribution is 2.31. The second-order valence-corrected chi connectivity index (χ2v) is 8.15. The van der Waals surface area contributed by atoms with Gasteiger partial charge in [-0.2, -0.15) is 0 Å². The van der Waals surface area contributed by atoms with Crippen LogP contribution in [0, 0.1) is 6.92 Å². The zero-order chi connectivity index (χ0) is 15.5. The first-order valence-corrected chi connectivity index (χ1v) is 9.46. The van der Waals surface area contributed by atoms with Crippen LogP contribution in [0.15, 0.2) is 24.3 Å². The van der Waals surface area contributed by atoms with E-state index in [-0.39, 0.29) is 24.1 Å². The maximum absolute atomic E-state index is 12.4. The summed E-state index contributed by atoms with van der Waals surface area (Å²) in [4.78, 5) is 14.2. The Hall–Kier alpha value is -1.36. The van der Waals surface area contributed by atoms with Crippen LogP contribution in [0.5, 0.6) is 0 Å². The number of carbonyl (C=O) groups is 1. The largest absolute Gasteiger partial charge is 0.336 e. The molecule has 0 bridgehead atoms. The van der Waals surface area contributed by atoms with Crippen LogP contribution in [0.1, 0.15) is 42.9 Å². The molecule has 1 heterocycles. The molecule has 0 N–H and O–H groups in total. The smallest absolute Gasteiger partial charge is 0.224 e. The van der Waals surface area contributed by atoms with Gasteiger partial charge in [-0.25, -0.2) is 8.42 Å². The van der Waals surface area contributed by atoms with Crippen LogP contribution >= 0.6 is 0 Å². The molecule has 116 valence electrons. The number of carbonyl (C=O) groups excluding carboxylic acids is 1. The molecular weight excluding hydrogens is 286 g/mol. The summed E-state index contributed by atoms with van der Waals surface area (Å²) < 4.78 is 22.5. The minimum atomic E-state index is -3.09. The van der Waals surface area contributed by atoms with Crippen molar-refractivity contribution in [2.24, 2.45) is 0 Å². The average molecular weight is 309 g/mol. The van der Waals surface area contributed by atoms with E-state index in [2.05, 4.69) is 24.3 Å². The van der Waals surface area contributed by atoms with E-state index in [0.29, 0.717) is 0 Å². The molecule has 0 saturated carbocycles. The Morgan fingerprint density at radius 1 is 1.24 bits per heavy atom. The molecule has 5 heteroatoms. The van der Waals surface area contributed by atoms with Gasteiger partial charge in [-0.1, -0.05) is 29.8 Å². The first kappa shape index (κ1) is 16.0. The van der Waals surface area contributed by atoms with Crippen LogP contribution in [0.25, 0.3) is 0 Å². The molecule has 1 saturated heterocycles. The van der Waals surface area contributed by atoms with Gasteiger partial charge in [-0.05, 0) is 31.7 Å². The molecule has 1 aromatic rings. The third-order valence-electron chi connectivity index (χ3n) is 3.97. The maximum Gasteiger partial charge on any atom is 0.224 e. The summed E-state index contributed by atoms with van der Waals surface area (Å²) in [5, 5.41) is 0. The van der Waals surface area contributed by atoms with Gasteiger partial charge in [-0.3, -0.25) is 4.79 Å². The maximum atomic E-state index is 12.4. The molecule has 1 aromatic carbocycles. The monoisotopic (exact) mass is 309 g/mol. The number of nitrogens with zero attached hydrogens (tertiary/aromatic N) is 1. The molecule has 1 aliphatic rings. The van der Waals surface area contributed by atoms with Crippen molar-refractivity contribution in [3.8, 4) is 0 Å². The SMILES string of the molecule is Cc1ccc([C@H]2CCCCN2C(=O)CCS(C)(=O)=O)cc1. The van der Waals surface area contributed by atoms with E-state index >= 15 is 0 Å². The van der Waals surface area contributed by atoms with Crippen LogP contribution in [-0.2, 0) is 14.6 Å². The fraction of sp³-hybridized carbons (Fsp3) is 0.562. The number of likely N-dealkylation sites (tertiary alicyclic amines) is 1. The van der Waals surface area contributed by atoms with E-state index in [9.17, 15) is 13.2 Å². The van der Waals surface area contributed by atoms with Crippen LogP contribution < -0.4 is 0 Å². The lowest BCUT2D eigenvalue weighted by Gasteiger charge is -2.36. The van der Waals surface area contributed by atoms with E-state index in [1.807, 2.05) is 11.8 Å². The Morgan fingerprint density at radius 2 is 1.90 bits per heavy atom. The fourth-order valence-electron chi connectivity index (χ4n) is 2.78. The Bertz CT molecular complexity index is 592. The minimum absolute atomic E-state index is 0.0503. The quantitative estimate of drug-likeness (QED) is 0.858. The summed E-state index contributed by atoms with van der Waals surface area (Å²) in [5.41, 5.74) is 2.34. The molecule has 0 radical (unpaired) electrons. The second kappa shape index (κ2) is 6.60. The van der Waals surface area contributed by atoms with E-state index < -0.39 is 9.84 Å². The van der Waals surface area contributed by atoms with E-state index in [1.165, 1.54) is 11.8 Å². The van der Waals surface area contributed by atoms with Crippen LogP contribution in [-0.4, -0.2) is 37.8 Å². The summed E-state index contributed by atoms with van der Waals surface area (Å²) in [7, 11) is -3.09. The Morgan fingerprint density at radius 3 is 2.52 bits per heavy atom. The predicted molar refractivity (Wildman–Crippen MR) is 83.8 cm³/mol. The van der Waals surface area contributed by atoms with Crippen molar-refractivity contribution in [2.45, 2.75) is 38.6 Å². The van der Waals surface area contributed by atoms with Crippen LogP contribution in [0.3, 0.4) is 0 Å². The zero-order valence-corrected chi connectivity index (χ0v) is 13.5. The minimum Gasteiger partial charge on any atom is -0.336 e. The average Bonchev–Trinajstić information content (AvgIpc) is 2.45. The van der Waals surface area contributed by atoms with Crippen molar-refractivity contribution in [2.75, 3.05) is 18.6 Å². The van der Waals surface area contributed by atoms with Crippen molar-refractivity contribution in [3.63, 3.8) is 0 Å². The lowest BCUT2D eigenvalue weighted by molar-refractivity contribution is -0.134. The van der Waals surface area contributed by atoms with Gasteiger partial charge in [0.05, 0.1) is 11.8 Å². The van der Waals surface area contributed by atoms with Crippen molar-refractivity contribution in [3.05, 3.63) is 35.4 Å². The number of piperidine rings is 1. The number of hydrogen-bond acceptors (Lipinski definition) is 3. The summed E-state index contributed by atoms with van der Waals surface area (Å²) >= 11 is 0. The van der Waals surface area contributed by atoms with Gasteiger partial charge in [0.25, 0.3) is 0 Å². The zero-order valence-electron chi connectivity index (χ0n) is 12.7. The number of sulfone groups is 1. The molecule has 1 aliphatic heterocycles. The predicted octanol–water partition coefficient (Wildman–Crippen LogP) is 2.48. The molecule has 2 rings (SSSR count). The third-order valence-corrected chi connectivity index (χ3v) is 4.92. The number of rotatable bonds is 4. The molecule has 0 unspecified atom stereocenters. The molecule has 1 amide bonds. The standard InChI is InChI=1S/C16H23NO3S/c1-13-6-8-14(9-7-13)15-5-3-4-11-17(15)16(18)10-12-21(2,19)20/h6-9,15H,3-5,10-12H2,1-2H3/t15-/m1/s1. The third kappa shape index (κ3) is 4.56. The van der Waals surface area contributed by atoms with Gasteiger partial charge in [0.2, 0.25) is 5.91 Å². The molecule has 0 spiro atoms. The highest BCUT2D eigenvalue weighted by Gasteiger charge is 2.28. The van der Waals surface area contributed by atoms with Crippen molar-refractivity contribution in [1.82, 2.24) is 4.90 Å². The van der Waals surface area contributed by atoms with E-state index in [1.54, 1.807) is 0 Å². The fourth-order valence-corrected chi connectivity index (χ4v) is 3.33. The molecular formula is C16H23NO3S. The number of hydrogen-bond donors (Lipinski definition) is 0. The summed E-state index contributed by atoms with van der Waals surface area (Å²) in [6.07, 6.45) is 4.31. The van der Waals surface area contributed by atoms with Crippen molar-refractivity contribution < 1.29 is 13.2 Å². The van der Waals surface area contributed by atoms with Crippen LogP contribution in [0.2, 0.25) is 0 Å². The summed E-state index contributed by atoms with van der Waals surface area (Å²) in [6.45, 7) is 2.76. The van der Waals surface area contributed by atoms with Gasteiger partial charge in [0.15, 0.2) is 0 Å². The van der Waals surface area contributed by atoms with E-state index in [0.717, 1.165) is 31.4 Å². The van der Waals surface area contributed by atoms with Gasteiger partial charge < -0.3 is 4.90 Å². The topological polar surface area (TPSA) is 54.5 Å². The first-order chi connectivity index (χ1) is 9.87. The van der Waals surface area contributed by atoms with Crippen molar-refractivity contribution in [1.29, 1.82) is 0 Å². The second-order valence-electron chi connectivity index (χ2n) is 5.89. The van der Waals surface area contributed by atoms with Crippen molar-refractivity contribution >= 4 is 15.7 Å². The Labute approximate surface area is 127 Å². The van der Waals surface area contributed by atoms with Crippen LogP contribution in [0.4, 0.5) is 0 Å². The number of benzene rings is 1. The Kier molecular flexibility index (Phi) is 5.04. The molecule has 1 fully saturated rings. The highest BCUT2D eigenvalue weighted by atomic mass is 32.2. The lowest BCUT2D eigenvalue weighted by Crippen LogP contribution is -2.39. The molecule has 21 heavy (non-hydrogen) atoms. The Balaban J connectivity index is 2.11. The number of aryl methyl sites for hydroxylation is 1. The summed E-state index contributed by atoms with van der Waals surface area (Å²) in [5.74, 6) is -0.117. The lowest BCUT2D eigenvalue weighted by atomic mass is 9.94. The number of amides is 1.